The van der Waals surface area contributed by atoms with E-state index in [2.05, 4.69) is 12.2 Å². The Bertz CT molecular complexity index is 488. The summed E-state index contributed by atoms with van der Waals surface area (Å²) in [6.07, 6.45) is 5.52. The van der Waals surface area contributed by atoms with Crippen LogP contribution in [0.15, 0.2) is 18.2 Å². The maximum atomic E-state index is 13.3. The molecule has 0 aliphatic heterocycles. The summed E-state index contributed by atoms with van der Waals surface area (Å²) in [6.45, 7) is 4.26. The van der Waals surface area contributed by atoms with Crippen LogP contribution in [-0.4, -0.2) is 6.04 Å². The van der Waals surface area contributed by atoms with E-state index in [9.17, 15) is 8.78 Å². The fourth-order valence-electron chi connectivity index (χ4n) is 4.30. The SMILES string of the molecule is CC(NC(C)C1CC2CCC1C2)c1ccc(F)c(F)c1. The quantitative estimate of drug-likeness (QED) is 0.859. The van der Waals surface area contributed by atoms with Gasteiger partial charge in [-0.05, 0) is 68.6 Å². The maximum absolute atomic E-state index is 13.3. The van der Waals surface area contributed by atoms with E-state index >= 15 is 0 Å². The normalized spacial score (nSPS) is 31.5. The molecule has 0 spiro atoms. The average molecular weight is 279 g/mol. The van der Waals surface area contributed by atoms with E-state index in [1.807, 2.05) is 6.92 Å². The lowest BCUT2D eigenvalue weighted by Gasteiger charge is -2.31. The van der Waals surface area contributed by atoms with Crippen molar-refractivity contribution in [3.63, 3.8) is 0 Å². The van der Waals surface area contributed by atoms with Crippen molar-refractivity contribution in [2.75, 3.05) is 0 Å². The molecule has 20 heavy (non-hydrogen) atoms. The summed E-state index contributed by atoms with van der Waals surface area (Å²) in [5.74, 6) is 1.03. The fourth-order valence-corrected chi connectivity index (χ4v) is 4.30. The lowest BCUT2D eigenvalue weighted by atomic mass is 9.83. The zero-order valence-electron chi connectivity index (χ0n) is 12.2. The highest BCUT2D eigenvalue weighted by Gasteiger charge is 2.41. The summed E-state index contributed by atoms with van der Waals surface area (Å²) in [5, 5.41) is 3.58. The third-order valence-corrected chi connectivity index (χ3v) is 5.39. The number of fused-ring (bicyclic) bond motifs is 2. The Morgan fingerprint density at radius 1 is 1.10 bits per heavy atom. The smallest absolute Gasteiger partial charge is 0.159 e. The van der Waals surface area contributed by atoms with Crippen LogP contribution in [0.25, 0.3) is 0 Å². The molecule has 2 saturated carbocycles. The molecule has 3 heteroatoms. The first kappa shape index (κ1) is 14.0. The van der Waals surface area contributed by atoms with E-state index in [1.54, 1.807) is 6.07 Å². The first-order chi connectivity index (χ1) is 9.54. The van der Waals surface area contributed by atoms with Gasteiger partial charge in [0.1, 0.15) is 0 Å². The number of hydrogen-bond acceptors (Lipinski definition) is 1. The number of nitrogens with one attached hydrogen (secondary N) is 1. The molecule has 1 N–H and O–H groups in total. The van der Waals surface area contributed by atoms with Crippen molar-refractivity contribution in [2.24, 2.45) is 17.8 Å². The Labute approximate surface area is 119 Å². The van der Waals surface area contributed by atoms with Gasteiger partial charge in [0.15, 0.2) is 11.6 Å². The summed E-state index contributed by atoms with van der Waals surface area (Å²) < 4.78 is 26.3. The van der Waals surface area contributed by atoms with Gasteiger partial charge in [-0.15, -0.1) is 0 Å². The van der Waals surface area contributed by atoms with Crippen molar-refractivity contribution < 1.29 is 8.78 Å². The van der Waals surface area contributed by atoms with Gasteiger partial charge >= 0.3 is 0 Å². The first-order valence-electron chi connectivity index (χ1n) is 7.75. The lowest BCUT2D eigenvalue weighted by molar-refractivity contribution is 0.248. The minimum Gasteiger partial charge on any atom is -0.307 e. The second-order valence-corrected chi connectivity index (χ2v) is 6.69. The average Bonchev–Trinajstić information content (AvgIpc) is 3.04. The minimum absolute atomic E-state index is 0.0548. The molecular formula is C17H23F2N. The fraction of sp³-hybridized carbons (Fsp3) is 0.647. The molecule has 2 aliphatic rings. The third kappa shape index (κ3) is 2.60. The molecule has 0 heterocycles. The first-order valence-corrected chi connectivity index (χ1v) is 7.75. The second kappa shape index (κ2) is 5.44. The maximum Gasteiger partial charge on any atom is 0.159 e. The van der Waals surface area contributed by atoms with Crippen LogP contribution < -0.4 is 5.32 Å². The van der Waals surface area contributed by atoms with Crippen molar-refractivity contribution in [1.82, 2.24) is 5.32 Å². The van der Waals surface area contributed by atoms with E-state index in [4.69, 9.17) is 0 Å². The van der Waals surface area contributed by atoms with Gasteiger partial charge in [0.2, 0.25) is 0 Å². The van der Waals surface area contributed by atoms with E-state index in [0.29, 0.717) is 6.04 Å². The Morgan fingerprint density at radius 3 is 2.50 bits per heavy atom. The summed E-state index contributed by atoms with van der Waals surface area (Å²) in [4.78, 5) is 0. The van der Waals surface area contributed by atoms with Gasteiger partial charge in [0, 0.05) is 12.1 Å². The summed E-state index contributed by atoms with van der Waals surface area (Å²) in [6, 6.07) is 4.68. The predicted molar refractivity (Wildman–Crippen MR) is 76.3 cm³/mol. The zero-order chi connectivity index (χ0) is 14.3. The lowest BCUT2D eigenvalue weighted by Crippen LogP contribution is -2.37. The molecule has 3 rings (SSSR count). The molecule has 0 aromatic heterocycles. The van der Waals surface area contributed by atoms with Gasteiger partial charge in [0.25, 0.3) is 0 Å². The molecule has 5 atom stereocenters. The van der Waals surface area contributed by atoms with Crippen LogP contribution in [0.1, 0.15) is 51.1 Å². The van der Waals surface area contributed by atoms with Gasteiger partial charge in [0.05, 0.1) is 0 Å². The molecule has 0 amide bonds. The number of benzene rings is 1. The van der Waals surface area contributed by atoms with E-state index in [1.165, 1.54) is 37.8 Å². The number of rotatable bonds is 4. The number of hydrogen-bond donors (Lipinski definition) is 1. The Kier molecular flexibility index (Phi) is 3.80. The van der Waals surface area contributed by atoms with Crippen molar-refractivity contribution in [2.45, 2.75) is 51.6 Å². The molecule has 2 aliphatic carbocycles. The highest BCUT2D eigenvalue weighted by molar-refractivity contribution is 5.21. The highest BCUT2D eigenvalue weighted by Crippen LogP contribution is 2.49. The van der Waals surface area contributed by atoms with Crippen molar-refractivity contribution in [3.8, 4) is 0 Å². The van der Waals surface area contributed by atoms with Crippen LogP contribution >= 0.6 is 0 Å². The molecule has 1 aromatic rings. The van der Waals surface area contributed by atoms with Gasteiger partial charge in [-0.3, -0.25) is 0 Å². The van der Waals surface area contributed by atoms with Crippen LogP contribution in [0, 0.1) is 29.4 Å². The molecule has 1 nitrogen and oxygen atoms in total. The van der Waals surface area contributed by atoms with Gasteiger partial charge in [-0.1, -0.05) is 12.5 Å². The molecule has 1 aromatic carbocycles. The van der Waals surface area contributed by atoms with Crippen molar-refractivity contribution in [3.05, 3.63) is 35.4 Å². The molecule has 0 saturated heterocycles. The van der Waals surface area contributed by atoms with E-state index < -0.39 is 11.6 Å². The Morgan fingerprint density at radius 2 is 1.90 bits per heavy atom. The predicted octanol–water partition coefficient (Wildman–Crippen LogP) is 4.44. The van der Waals surface area contributed by atoms with Gasteiger partial charge < -0.3 is 5.32 Å². The molecule has 2 fully saturated rings. The standard InChI is InChI=1S/C17H23F2N/c1-10(13-5-6-16(18)17(19)9-13)20-11(2)15-8-12-3-4-14(15)7-12/h5-6,9-12,14-15,20H,3-4,7-8H2,1-2H3. The van der Waals surface area contributed by atoms with Crippen molar-refractivity contribution >= 4 is 0 Å². The summed E-state index contributed by atoms with van der Waals surface area (Å²) in [5.41, 5.74) is 0.818. The topological polar surface area (TPSA) is 12.0 Å². The molecule has 2 bridgehead atoms. The Hall–Kier alpha value is -0.960. The van der Waals surface area contributed by atoms with Crippen LogP contribution in [0.5, 0.6) is 0 Å². The third-order valence-electron chi connectivity index (χ3n) is 5.39. The minimum atomic E-state index is -0.776. The number of halogens is 2. The van der Waals surface area contributed by atoms with Crippen LogP contribution in [0.4, 0.5) is 8.78 Å². The van der Waals surface area contributed by atoms with Crippen LogP contribution in [0.3, 0.4) is 0 Å². The Balaban J connectivity index is 1.63. The monoisotopic (exact) mass is 279 g/mol. The van der Waals surface area contributed by atoms with E-state index in [-0.39, 0.29) is 6.04 Å². The second-order valence-electron chi connectivity index (χ2n) is 6.69. The highest BCUT2D eigenvalue weighted by atomic mass is 19.2. The molecule has 110 valence electrons. The van der Waals surface area contributed by atoms with Gasteiger partial charge in [-0.2, -0.15) is 0 Å². The largest absolute Gasteiger partial charge is 0.307 e. The van der Waals surface area contributed by atoms with Crippen LogP contribution in [-0.2, 0) is 0 Å². The van der Waals surface area contributed by atoms with Gasteiger partial charge in [-0.25, -0.2) is 8.78 Å². The summed E-state index contributed by atoms with van der Waals surface area (Å²) in [7, 11) is 0. The zero-order valence-corrected chi connectivity index (χ0v) is 12.2. The van der Waals surface area contributed by atoms with Crippen LogP contribution in [0.2, 0.25) is 0 Å². The summed E-state index contributed by atoms with van der Waals surface area (Å²) >= 11 is 0. The van der Waals surface area contributed by atoms with Crippen molar-refractivity contribution in [1.29, 1.82) is 0 Å². The molecule has 5 unspecified atom stereocenters. The van der Waals surface area contributed by atoms with E-state index in [0.717, 1.165) is 23.3 Å². The molecule has 0 radical (unpaired) electrons. The molecular weight excluding hydrogens is 256 g/mol.